The zero-order valence-corrected chi connectivity index (χ0v) is 17.2. The Bertz CT molecular complexity index is 799. The summed E-state index contributed by atoms with van der Waals surface area (Å²) in [4.78, 5) is 23.3. The summed E-state index contributed by atoms with van der Waals surface area (Å²) in [5.74, 6) is 1.46. The van der Waals surface area contributed by atoms with Crippen LogP contribution in [0, 0.1) is 0 Å². The average molecular weight is 419 g/mol. The van der Waals surface area contributed by atoms with Crippen LogP contribution in [0.15, 0.2) is 48.5 Å². The second-order valence-electron chi connectivity index (χ2n) is 6.13. The van der Waals surface area contributed by atoms with E-state index in [0.717, 1.165) is 11.1 Å². The molecule has 0 aromatic heterocycles. The predicted molar refractivity (Wildman–Crippen MR) is 112 cm³/mol. The average Bonchev–Trinajstić information content (AvgIpc) is 2.74. The number of rotatable bonds is 11. The molecule has 7 nitrogen and oxygen atoms in total. The molecule has 156 valence electrons. The standard InChI is InChI=1S/C21H25NO6S/c1-26-18-9-8-16(12-19(18)27-2)14-29-11-10-17(20(23)24)22-21(25)28-13-15-6-4-3-5-7-15/h3-9,12,17H,10-11,13-14H2,1-2H3,(H,22,25)(H,23,24). The van der Waals surface area contributed by atoms with Crippen molar-refractivity contribution >= 4 is 23.8 Å². The van der Waals surface area contributed by atoms with Gasteiger partial charge in [-0.15, -0.1) is 0 Å². The Morgan fingerprint density at radius 1 is 1.03 bits per heavy atom. The highest BCUT2D eigenvalue weighted by Gasteiger charge is 2.20. The molecule has 29 heavy (non-hydrogen) atoms. The van der Waals surface area contributed by atoms with Crippen LogP contribution in [0.5, 0.6) is 11.5 Å². The number of carbonyl (C=O) groups is 2. The number of carboxylic acids is 1. The molecule has 1 amide bonds. The first kappa shape index (κ1) is 22.4. The Morgan fingerprint density at radius 3 is 2.41 bits per heavy atom. The fraction of sp³-hybridized carbons (Fsp3) is 0.333. The molecule has 0 saturated heterocycles. The van der Waals surface area contributed by atoms with E-state index in [2.05, 4.69) is 5.32 Å². The third kappa shape index (κ3) is 7.57. The van der Waals surface area contributed by atoms with Gasteiger partial charge in [-0.1, -0.05) is 36.4 Å². The predicted octanol–water partition coefficient (Wildman–Crippen LogP) is 3.71. The molecule has 1 unspecified atom stereocenters. The number of benzene rings is 2. The van der Waals surface area contributed by atoms with Gasteiger partial charge in [0.05, 0.1) is 14.2 Å². The third-order valence-electron chi connectivity index (χ3n) is 4.07. The number of carboxylic acid groups (broad SMARTS) is 1. The van der Waals surface area contributed by atoms with Gasteiger partial charge in [0.2, 0.25) is 0 Å². The summed E-state index contributed by atoms with van der Waals surface area (Å²) in [6.07, 6.45) is -0.459. The van der Waals surface area contributed by atoms with E-state index >= 15 is 0 Å². The van der Waals surface area contributed by atoms with Crippen LogP contribution in [0.2, 0.25) is 0 Å². The molecule has 0 bridgehead atoms. The monoisotopic (exact) mass is 419 g/mol. The largest absolute Gasteiger partial charge is 0.493 e. The Hall–Kier alpha value is -2.87. The highest BCUT2D eigenvalue weighted by Crippen LogP contribution is 2.29. The molecule has 2 aromatic rings. The number of thioether (sulfide) groups is 1. The van der Waals surface area contributed by atoms with Crippen LogP contribution in [0.25, 0.3) is 0 Å². The summed E-state index contributed by atoms with van der Waals surface area (Å²) < 4.78 is 15.6. The van der Waals surface area contributed by atoms with Crippen LogP contribution in [0.3, 0.4) is 0 Å². The van der Waals surface area contributed by atoms with Gasteiger partial charge in [0.1, 0.15) is 12.6 Å². The SMILES string of the molecule is COc1ccc(CSCCC(NC(=O)OCc2ccccc2)C(=O)O)cc1OC. The van der Waals surface area contributed by atoms with Crippen molar-refractivity contribution in [3.63, 3.8) is 0 Å². The normalized spacial score (nSPS) is 11.4. The summed E-state index contributed by atoms with van der Waals surface area (Å²) in [5, 5.41) is 11.7. The lowest BCUT2D eigenvalue weighted by atomic mass is 10.2. The first-order valence-electron chi connectivity index (χ1n) is 9.02. The lowest BCUT2D eigenvalue weighted by Crippen LogP contribution is -2.41. The van der Waals surface area contributed by atoms with E-state index in [1.807, 2.05) is 48.5 Å². The van der Waals surface area contributed by atoms with Gasteiger partial charge in [-0.05, 0) is 35.4 Å². The zero-order valence-electron chi connectivity index (χ0n) is 16.4. The molecule has 0 radical (unpaired) electrons. The Morgan fingerprint density at radius 2 is 1.76 bits per heavy atom. The van der Waals surface area contributed by atoms with Gasteiger partial charge >= 0.3 is 12.1 Å². The number of hydrogen-bond acceptors (Lipinski definition) is 6. The van der Waals surface area contributed by atoms with Gasteiger partial charge in [0.15, 0.2) is 11.5 Å². The number of carbonyl (C=O) groups excluding carboxylic acids is 1. The Kier molecular flexibility index (Phi) is 9.17. The second kappa shape index (κ2) is 11.9. The van der Waals surface area contributed by atoms with Gasteiger partial charge in [0.25, 0.3) is 0 Å². The molecule has 0 aliphatic rings. The third-order valence-corrected chi connectivity index (χ3v) is 5.13. The number of alkyl carbamates (subject to hydrolysis) is 1. The molecular formula is C21H25NO6S. The van der Waals surface area contributed by atoms with E-state index in [4.69, 9.17) is 14.2 Å². The summed E-state index contributed by atoms with van der Waals surface area (Å²) in [6, 6.07) is 13.8. The van der Waals surface area contributed by atoms with E-state index < -0.39 is 18.1 Å². The number of hydrogen-bond donors (Lipinski definition) is 2. The number of nitrogens with one attached hydrogen (secondary N) is 1. The van der Waals surface area contributed by atoms with E-state index in [1.165, 1.54) is 0 Å². The summed E-state index contributed by atoms with van der Waals surface area (Å²) >= 11 is 1.57. The molecule has 2 N–H and O–H groups in total. The first-order valence-corrected chi connectivity index (χ1v) is 10.2. The topological polar surface area (TPSA) is 94.1 Å². The summed E-state index contributed by atoms with van der Waals surface area (Å²) in [5.41, 5.74) is 1.87. The van der Waals surface area contributed by atoms with Crippen molar-refractivity contribution in [1.82, 2.24) is 5.32 Å². The minimum atomic E-state index is -1.09. The van der Waals surface area contributed by atoms with Gasteiger partial charge < -0.3 is 24.6 Å². The van der Waals surface area contributed by atoms with Crippen LogP contribution < -0.4 is 14.8 Å². The minimum absolute atomic E-state index is 0.0903. The van der Waals surface area contributed by atoms with Crippen molar-refractivity contribution < 1.29 is 28.9 Å². The van der Waals surface area contributed by atoms with Gasteiger partial charge in [0, 0.05) is 5.75 Å². The lowest BCUT2D eigenvalue weighted by Gasteiger charge is -2.14. The molecular weight excluding hydrogens is 394 g/mol. The second-order valence-corrected chi connectivity index (χ2v) is 7.23. The number of methoxy groups -OCH3 is 2. The number of aliphatic carboxylic acids is 1. The van der Waals surface area contributed by atoms with E-state index in [0.29, 0.717) is 23.0 Å². The van der Waals surface area contributed by atoms with Crippen LogP contribution in [0.4, 0.5) is 4.79 Å². The minimum Gasteiger partial charge on any atom is -0.493 e. The molecule has 0 spiro atoms. The maximum atomic E-state index is 11.9. The van der Waals surface area contributed by atoms with E-state index in [1.54, 1.807) is 26.0 Å². The zero-order chi connectivity index (χ0) is 21.1. The molecule has 2 rings (SSSR count). The molecule has 0 fully saturated rings. The van der Waals surface area contributed by atoms with E-state index in [9.17, 15) is 14.7 Å². The van der Waals surface area contributed by atoms with Crippen molar-refractivity contribution in [3.05, 3.63) is 59.7 Å². The number of ether oxygens (including phenoxy) is 3. The van der Waals surface area contributed by atoms with Crippen LogP contribution >= 0.6 is 11.8 Å². The van der Waals surface area contributed by atoms with Crippen LogP contribution in [-0.4, -0.2) is 43.2 Å². The fourth-order valence-electron chi connectivity index (χ4n) is 2.53. The van der Waals surface area contributed by atoms with Crippen molar-refractivity contribution in [3.8, 4) is 11.5 Å². The first-order chi connectivity index (χ1) is 14.0. The molecule has 8 heteroatoms. The van der Waals surface area contributed by atoms with Crippen molar-refractivity contribution in [2.45, 2.75) is 24.8 Å². The van der Waals surface area contributed by atoms with Crippen LogP contribution in [-0.2, 0) is 21.9 Å². The maximum absolute atomic E-state index is 11.9. The Balaban J connectivity index is 1.76. The lowest BCUT2D eigenvalue weighted by molar-refractivity contribution is -0.139. The fourth-order valence-corrected chi connectivity index (χ4v) is 3.49. The molecule has 0 saturated carbocycles. The molecule has 2 aromatic carbocycles. The smallest absolute Gasteiger partial charge is 0.408 e. The molecule has 0 aliphatic carbocycles. The van der Waals surface area contributed by atoms with Crippen LogP contribution in [0.1, 0.15) is 17.5 Å². The van der Waals surface area contributed by atoms with E-state index in [-0.39, 0.29) is 13.0 Å². The van der Waals surface area contributed by atoms with Gasteiger partial charge in [-0.25, -0.2) is 9.59 Å². The summed E-state index contributed by atoms with van der Waals surface area (Å²) in [6.45, 7) is 0.0903. The molecule has 1 atom stereocenters. The van der Waals surface area contributed by atoms with Crippen molar-refractivity contribution in [2.24, 2.45) is 0 Å². The van der Waals surface area contributed by atoms with Gasteiger partial charge in [-0.3, -0.25) is 0 Å². The highest BCUT2D eigenvalue weighted by atomic mass is 32.2. The quantitative estimate of drug-likeness (QED) is 0.536. The van der Waals surface area contributed by atoms with Gasteiger partial charge in [-0.2, -0.15) is 11.8 Å². The number of amides is 1. The molecule has 0 aliphatic heterocycles. The Labute approximate surface area is 174 Å². The van der Waals surface area contributed by atoms with Crippen molar-refractivity contribution in [1.29, 1.82) is 0 Å². The maximum Gasteiger partial charge on any atom is 0.408 e. The highest BCUT2D eigenvalue weighted by molar-refractivity contribution is 7.98. The van der Waals surface area contributed by atoms with Crippen molar-refractivity contribution in [2.75, 3.05) is 20.0 Å². The molecule has 0 heterocycles. The summed E-state index contributed by atoms with van der Waals surface area (Å²) in [7, 11) is 3.16.